The lowest BCUT2D eigenvalue weighted by molar-refractivity contribution is -0.138. The van der Waals surface area contributed by atoms with Crippen LogP contribution >= 0.6 is 11.8 Å². The number of rotatable bonds is 8. The highest BCUT2D eigenvalue weighted by Gasteiger charge is 2.43. The molecule has 0 amide bonds. The van der Waals surface area contributed by atoms with Gasteiger partial charge in [0.15, 0.2) is 0 Å². The van der Waals surface area contributed by atoms with Crippen LogP contribution in [-0.4, -0.2) is 22.6 Å². The minimum atomic E-state index is -0.669. The lowest BCUT2D eigenvalue weighted by atomic mass is 10.1. The molecule has 1 aliphatic rings. The highest BCUT2D eigenvalue weighted by Crippen LogP contribution is 2.51. The standard InChI is InChI=1S/C11H17NO2S/c12-6-2-1-3-7-15-9-11(4-5-11)8-10(13)14/h1-5,7-9H2,(H,13,14). The number of unbranched alkanes of at least 4 members (excludes halogenated alkanes) is 2. The van der Waals surface area contributed by atoms with Crippen LogP contribution in [0.1, 0.15) is 38.5 Å². The Hall–Kier alpha value is -0.690. The summed E-state index contributed by atoms with van der Waals surface area (Å²) >= 11 is 1.84. The molecule has 0 aromatic carbocycles. The van der Waals surface area contributed by atoms with E-state index in [0.29, 0.717) is 12.8 Å². The minimum Gasteiger partial charge on any atom is -0.481 e. The molecule has 0 radical (unpaired) electrons. The van der Waals surface area contributed by atoms with Crippen molar-refractivity contribution in [2.45, 2.75) is 38.5 Å². The second-order valence-electron chi connectivity index (χ2n) is 4.24. The monoisotopic (exact) mass is 227 g/mol. The molecule has 3 nitrogen and oxygen atoms in total. The van der Waals surface area contributed by atoms with Gasteiger partial charge in [-0.2, -0.15) is 17.0 Å². The van der Waals surface area contributed by atoms with Gasteiger partial charge in [0.05, 0.1) is 12.5 Å². The average Bonchev–Trinajstić information content (AvgIpc) is 2.91. The Balaban J connectivity index is 2.00. The zero-order chi connectivity index (χ0) is 11.1. The third kappa shape index (κ3) is 5.08. The van der Waals surface area contributed by atoms with Gasteiger partial charge in [-0.1, -0.05) is 0 Å². The first-order chi connectivity index (χ1) is 7.18. The summed E-state index contributed by atoms with van der Waals surface area (Å²) in [5.74, 6) is 1.37. The van der Waals surface area contributed by atoms with Crippen LogP contribution in [0.3, 0.4) is 0 Å². The Morgan fingerprint density at radius 2 is 2.20 bits per heavy atom. The Labute approximate surface area is 94.9 Å². The van der Waals surface area contributed by atoms with Crippen molar-refractivity contribution in [2.24, 2.45) is 5.41 Å². The molecule has 15 heavy (non-hydrogen) atoms. The van der Waals surface area contributed by atoms with Crippen LogP contribution in [-0.2, 0) is 4.79 Å². The van der Waals surface area contributed by atoms with E-state index in [4.69, 9.17) is 10.4 Å². The highest BCUT2D eigenvalue weighted by molar-refractivity contribution is 7.99. The predicted octanol–water partition coefficient (Wildman–Crippen LogP) is 2.67. The van der Waals surface area contributed by atoms with Crippen LogP contribution in [0.2, 0.25) is 0 Å². The second-order valence-corrected chi connectivity index (χ2v) is 5.34. The summed E-state index contributed by atoms with van der Waals surface area (Å²) in [5.41, 5.74) is 0.117. The number of hydrogen-bond donors (Lipinski definition) is 1. The fourth-order valence-corrected chi connectivity index (χ4v) is 2.94. The quantitative estimate of drug-likeness (QED) is 0.648. The molecule has 0 aliphatic heterocycles. The Morgan fingerprint density at radius 3 is 2.73 bits per heavy atom. The largest absolute Gasteiger partial charge is 0.481 e. The number of nitrogens with zero attached hydrogens (tertiary/aromatic N) is 1. The second kappa shape index (κ2) is 6.02. The van der Waals surface area contributed by atoms with Crippen molar-refractivity contribution in [3.8, 4) is 6.07 Å². The SMILES string of the molecule is N#CCCCCSCC1(CC(=O)O)CC1. The van der Waals surface area contributed by atoms with Crippen LogP contribution in [0.5, 0.6) is 0 Å². The van der Waals surface area contributed by atoms with E-state index in [9.17, 15) is 4.79 Å². The first-order valence-corrected chi connectivity index (χ1v) is 6.50. The first kappa shape index (κ1) is 12.4. The molecule has 0 atom stereocenters. The summed E-state index contributed by atoms with van der Waals surface area (Å²) < 4.78 is 0. The number of carboxylic acid groups (broad SMARTS) is 1. The Morgan fingerprint density at radius 1 is 1.47 bits per heavy atom. The van der Waals surface area contributed by atoms with Gasteiger partial charge in [0.2, 0.25) is 0 Å². The predicted molar refractivity (Wildman–Crippen MR) is 60.7 cm³/mol. The molecule has 1 fully saturated rings. The van der Waals surface area contributed by atoms with Crippen molar-refractivity contribution in [3.63, 3.8) is 0 Å². The van der Waals surface area contributed by atoms with Crippen LogP contribution in [0.4, 0.5) is 0 Å². The normalized spacial score (nSPS) is 17.0. The maximum Gasteiger partial charge on any atom is 0.303 e. The fraction of sp³-hybridized carbons (Fsp3) is 0.818. The van der Waals surface area contributed by atoms with Gasteiger partial charge in [-0.25, -0.2) is 0 Å². The van der Waals surface area contributed by atoms with Gasteiger partial charge in [-0.15, -0.1) is 0 Å². The summed E-state index contributed by atoms with van der Waals surface area (Å²) in [6.07, 6.45) is 5.16. The Bertz CT molecular complexity index is 256. The highest BCUT2D eigenvalue weighted by atomic mass is 32.2. The molecule has 0 saturated heterocycles. The fourth-order valence-electron chi connectivity index (χ4n) is 1.57. The van der Waals surface area contributed by atoms with Gasteiger partial charge in [0, 0.05) is 6.42 Å². The van der Waals surface area contributed by atoms with E-state index >= 15 is 0 Å². The van der Waals surface area contributed by atoms with Crippen LogP contribution in [0.25, 0.3) is 0 Å². The number of nitriles is 1. The minimum absolute atomic E-state index is 0.117. The van der Waals surface area contributed by atoms with Crippen molar-refractivity contribution < 1.29 is 9.90 Å². The molecule has 84 valence electrons. The summed E-state index contributed by atoms with van der Waals surface area (Å²) in [6, 6.07) is 2.13. The molecular weight excluding hydrogens is 210 g/mol. The van der Waals surface area contributed by atoms with Crippen LogP contribution < -0.4 is 0 Å². The lowest BCUT2D eigenvalue weighted by Crippen LogP contribution is -2.11. The molecule has 0 aromatic heterocycles. The molecule has 1 N–H and O–H groups in total. The van der Waals surface area contributed by atoms with Gasteiger partial charge < -0.3 is 5.11 Å². The molecule has 0 bridgehead atoms. The van der Waals surface area contributed by atoms with E-state index < -0.39 is 5.97 Å². The van der Waals surface area contributed by atoms with E-state index in [1.165, 1.54) is 0 Å². The van der Waals surface area contributed by atoms with Gasteiger partial charge in [0.1, 0.15) is 0 Å². The number of thioether (sulfide) groups is 1. The number of hydrogen-bond acceptors (Lipinski definition) is 3. The van der Waals surface area contributed by atoms with Crippen molar-refractivity contribution in [1.82, 2.24) is 0 Å². The van der Waals surface area contributed by atoms with Gasteiger partial charge in [-0.05, 0) is 42.6 Å². The van der Waals surface area contributed by atoms with Crippen molar-refractivity contribution in [2.75, 3.05) is 11.5 Å². The molecular formula is C11H17NO2S. The third-order valence-corrected chi connectivity index (χ3v) is 4.11. The number of carbonyl (C=O) groups is 1. The van der Waals surface area contributed by atoms with Crippen molar-refractivity contribution >= 4 is 17.7 Å². The van der Waals surface area contributed by atoms with Gasteiger partial charge in [-0.3, -0.25) is 4.79 Å². The molecule has 4 heteroatoms. The Kier molecular flexibility index (Phi) is 4.97. The van der Waals surface area contributed by atoms with Crippen molar-refractivity contribution in [1.29, 1.82) is 5.26 Å². The zero-order valence-corrected chi connectivity index (χ0v) is 9.68. The summed E-state index contributed by atoms with van der Waals surface area (Å²) in [6.45, 7) is 0. The summed E-state index contributed by atoms with van der Waals surface area (Å²) in [4.78, 5) is 10.6. The van der Waals surface area contributed by atoms with Gasteiger partial charge >= 0.3 is 5.97 Å². The van der Waals surface area contributed by atoms with Crippen LogP contribution in [0.15, 0.2) is 0 Å². The zero-order valence-electron chi connectivity index (χ0n) is 8.87. The first-order valence-electron chi connectivity index (χ1n) is 5.35. The smallest absolute Gasteiger partial charge is 0.303 e. The molecule has 0 unspecified atom stereocenters. The number of aliphatic carboxylic acids is 1. The third-order valence-electron chi connectivity index (χ3n) is 2.72. The molecule has 0 heterocycles. The van der Waals surface area contributed by atoms with E-state index in [2.05, 4.69) is 6.07 Å². The van der Waals surface area contributed by atoms with E-state index in [1.807, 2.05) is 11.8 Å². The lowest BCUT2D eigenvalue weighted by Gasteiger charge is -2.11. The van der Waals surface area contributed by atoms with E-state index in [-0.39, 0.29) is 5.41 Å². The maximum absolute atomic E-state index is 10.6. The average molecular weight is 227 g/mol. The van der Waals surface area contributed by atoms with E-state index in [1.54, 1.807) is 0 Å². The topological polar surface area (TPSA) is 61.1 Å². The summed E-state index contributed by atoms with van der Waals surface area (Å²) in [5, 5.41) is 17.1. The molecule has 1 rings (SSSR count). The molecule has 1 aliphatic carbocycles. The van der Waals surface area contributed by atoms with E-state index in [0.717, 1.165) is 37.2 Å². The van der Waals surface area contributed by atoms with Crippen LogP contribution in [0, 0.1) is 16.7 Å². The van der Waals surface area contributed by atoms with Gasteiger partial charge in [0.25, 0.3) is 0 Å². The molecule has 0 spiro atoms. The molecule has 1 saturated carbocycles. The number of carboxylic acids is 1. The van der Waals surface area contributed by atoms with Crippen molar-refractivity contribution in [3.05, 3.63) is 0 Å². The maximum atomic E-state index is 10.6. The molecule has 0 aromatic rings. The summed E-state index contributed by atoms with van der Waals surface area (Å²) in [7, 11) is 0.